The summed E-state index contributed by atoms with van der Waals surface area (Å²) in [6.45, 7) is 3.28. The van der Waals surface area contributed by atoms with Crippen molar-refractivity contribution >= 4 is 61.2 Å². The van der Waals surface area contributed by atoms with Crippen molar-refractivity contribution in [2.75, 3.05) is 42.8 Å². The van der Waals surface area contributed by atoms with Crippen molar-refractivity contribution in [1.82, 2.24) is 33.9 Å². The van der Waals surface area contributed by atoms with Gasteiger partial charge in [-0.15, -0.1) is 0 Å². The molecule has 0 atom stereocenters. The van der Waals surface area contributed by atoms with Gasteiger partial charge in [-0.3, -0.25) is 38.6 Å². The molecule has 2 aromatic heterocycles. The number of nitrogens with one attached hydrogen (secondary N) is 2. The predicted molar refractivity (Wildman–Crippen MR) is 218 cm³/mol. The van der Waals surface area contributed by atoms with E-state index in [2.05, 4.69) is 25.0 Å². The highest BCUT2D eigenvalue weighted by atomic mass is 32.2. The number of nitrogens with zero attached hydrogens (tertiary/aromatic N) is 7. The quantitative estimate of drug-likeness (QED) is 0.176. The SMILES string of the molecule is CCN(C)S(=O)(=O)Nc1ccc(F)c(C(=O)c2ccc3ncn(C4CCN(C5CCC(c6cc7c(cc6F)c(N6CCC(=O)NC6=O)nn7C)CC5)CC4)c(=O)c3c2)c1F. The van der Waals surface area contributed by atoms with Crippen LogP contribution in [0.5, 0.6) is 0 Å². The van der Waals surface area contributed by atoms with Crippen LogP contribution in [-0.4, -0.2) is 93.9 Å². The molecule has 0 unspecified atom stereocenters. The number of carbonyl (C=O) groups excluding carboxylic acids is 3. The number of fused-ring (bicyclic) bond motifs is 2. The molecule has 8 rings (SSSR count). The molecule has 1 aliphatic carbocycles. The molecule has 0 radical (unpaired) electrons. The molecule has 316 valence electrons. The molecule has 2 saturated heterocycles. The lowest BCUT2D eigenvalue weighted by molar-refractivity contribution is -0.120. The molecule has 2 N–H and O–H groups in total. The Bertz CT molecular complexity index is 2730. The lowest BCUT2D eigenvalue weighted by atomic mass is 9.80. The van der Waals surface area contributed by atoms with Crippen molar-refractivity contribution in [3.63, 3.8) is 0 Å². The molecule has 19 heteroatoms. The second-order valence-corrected chi connectivity index (χ2v) is 17.5. The zero-order valence-electron chi connectivity index (χ0n) is 33.3. The smallest absolute Gasteiger partial charge is 0.300 e. The number of hydrogen-bond donors (Lipinski definition) is 2. The molecule has 60 heavy (non-hydrogen) atoms. The van der Waals surface area contributed by atoms with Crippen molar-refractivity contribution in [3.05, 3.63) is 93.3 Å². The Morgan fingerprint density at radius 3 is 2.35 bits per heavy atom. The highest BCUT2D eigenvalue weighted by molar-refractivity contribution is 7.90. The van der Waals surface area contributed by atoms with Gasteiger partial charge in [0.1, 0.15) is 11.6 Å². The number of benzene rings is 3. The minimum atomic E-state index is -4.17. The van der Waals surface area contributed by atoms with E-state index >= 15 is 8.78 Å². The van der Waals surface area contributed by atoms with Crippen LogP contribution in [0.15, 0.2) is 53.6 Å². The number of imide groups is 1. The molecule has 2 aliphatic heterocycles. The molecule has 0 spiro atoms. The summed E-state index contributed by atoms with van der Waals surface area (Å²) in [4.78, 5) is 59.8. The number of anilines is 2. The maximum absolute atomic E-state index is 15.8. The molecule has 3 amide bonds. The van der Waals surface area contributed by atoms with Crippen LogP contribution in [0.4, 0.5) is 29.5 Å². The molecule has 5 aromatic rings. The number of carbonyl (C=O) groups is 3. The van der Waals surface area contributed by atoms with Crippen LogP contribution in [0.3, 0.4) is 0 Å². The van der Waals surface area contributed by atoms with Crippen molar-refractivity contribution in [2.24, 2.45) is 7.05 Å². The Morgan fingerprint density at radius 1 is 0.917 bits per heavy atom. The van der Waals surface area contributed by atoms with Gasteiger partial charge in [0, 0.05) is 69.7 Å². The predicted octanol–water partition coefficient (Wildman–Crippen LogP) is 5.35. The second-order valence-electron chi connectivity index (χ2n) is 15.7. The Morgan fingerprint density at radius 2 is 1.65 bits per heavy atom. The first-order valence-electron chi connectivity index (χ1n) is 19.9. The summed E-state index contributed by atoms with van der Waals surface area (Å²) in [7, 11) is -1.14. The van der Waals surface area contributed by atoms with Gasteiger partial charge in [0.15, 0.2) is 17.4 Å². The van der Waals surface area contributed by atoms with E-state index in [-0.39, 0.29) is 54.1 Å². The van der Waals surface area contributed by atoms with E-state index in [0.29, 0.717) is 46.7 Å². The van der Waals surface area contributed by atoms with Crippen molar-refractivity contribution in [3.8, 4) is 0 Å². The topological polar surface area (TPSA) is 172 Å². The largest absolute Gasteiger partial charge is 0.329 e. The average Bonchev–Trinajstić information content (AvgIpc) is 3.55. The van der Waals surface area contributed by atoms with Gasteiger partial charge in [-0.1, -0.05) is 6.92 Å². The first kappa shape index (κ1) is 41.1. The fourth-order valence-corrected chi connectivity index (χ4v) is 9.67. The van der Waals surface area contributed by atoms with Gasteiger partial charge in [0.25, 0.3) is 5.56 Å². The van der Waals surface area contributed by atoms with E-state index in [0.717, 1.165) is 55.2 Å². The number of halogens is 3. The third-order valence-corrected chi connectivity index (χ3v) is 13.8. The Hall–Kier alpha value is -5.66. The maximum atomic E-state index is 15.8. The van der Waals surface area contributed by atoms with Gasteiger partial charge in [-0.2, -0.15) is 17.8 Å². The number of ketones is 1. The molecule has 3 aliphatic rings. The van der Waals surface area contributed by atoms with Crippen LogP contribution in [0, 0.1) is 17.5 Å². The Labute approximate surface area is 343 Å². The van der Waals surface area contributed by atoms with E-state index < -0.39 is 50.5 Å². The fourth-order valence-electron chi connectivity index (χ4n) is 8.74. The number of urea groups is 1. The molecule has 1 saturated carbocycles. The van der Waals surface area contributed by atoms with Gasteiger partial charge < -0.3 is 4.90 Å². The molecule has 3 fully saturated rings. The van der Waals surface area contributed by atoms with Crippen LogP contribution in [0.1, 0.15) is 85.3 Å². The fraction of sp³-hybridized carbons (Fsp3) is 0.415. The van der Waals surface area contributed by atoms with Gasteiger partial charge >= 0.3 is 16.2 Å². The molecule has 0 bridgehead atoms. The minimum Gasteiger partial charge on any atom is -0.300 e. The summed E-state index contributed by atoms with van der Waals surface area (Å²) in [6.07, 6.45) is 6.25. The maximum Gasteiger partial charge on any atom is 0.329 e. The first-order valence-corrected chi connectivity index (χ1v) is 21.4. The number of rotatable bonds is 10. The lowest BCUT2D eigenvalue weighted by Crippen LogP contribution is -2.49. The molecule has 4 heterocycles. The molecule has 3 aromatic carbocycles. The zero-order valence-corrected chi connectivity index (χ0v) is 34.1. The highest BCUT2D eigenvalue weighted by Gasteiger charge is 2.34. The normalized spacial score (nSPS) is 19.7. The molecular weight excluding hydrogens is 804 g/mol. The summed E-state index contributed by atoms with van der Waals surface area (Å²) in [5.41, 5.74) is -0.491. The highest BCUT2D eigenvalue weighted by Crippen LogP contribution is 2.40. The standard InChI is InChI=1S/C41H44F3N9O6S/c1-4-49(2)60(58,59)48-33-12-10-30(42)36(37(33)44)38(55)24-7-11-32-28(19-24)40(56)53(22-45-32)26-13-16-51(17-14-26)25-8-5-23(6-9-25)27-21-34-29(20-31(27)43)39(47-50(34)3)52-18-15-35(54)46-41(52)57/h7,10-12,19-23,25-26,48H,4-6,8-9,13-18H2,1-3H3,(H,46,54,57). The third-order valence-electron chi connectivity index (χ3n) is 12.3. The zero-order chi connectivity index (χ0) is 42.6. The number of aryl methyl sites for hydroxylation is 1. The van der Waals surface area contributed by atoms with Crippen LogP contribution in [0.25, 0.3) is 21.8 Å². The number of hydrogen-bond acceptors (Lipinski definition) is 9. The van der Waals surface area contributed by atoms with E-state index in [4.69, 9.17) is 0 Å². The van der Waals surface area contributed by atoms with Crippen molar-refractivity contribution in [1.29, 1.82) is 0 Å². The van der Waals surface area contributed by atoms with Crippen molar-refractivity contribution in [2.45, 2.75) is 69.9 Å². The van der Waals surface area contributed by atoms with Crippen molar-refractivity contribution < 1.29 is 36.0 Å². The number of amides is 3. The summed E-state index contributed by atoms with van der Waals surface area (Å²) in [6, 6.07) is 8.52. The van der Waals surface area contributed by atoms with Gasteiger partial charge in [0.2, 0.25) is 5.91 Å². The van der Waals surface area contributed by atoms with Gasteiger partial charge in [0.05, 0.1) is 34.0 Å². The number of aromatic nitrogens is 4. The summed E-state index contributed by atoms with van der Waals surface area (Å²) in [5.74, 6) is -4.02. The summed E-state index contributed by atoms with van der Waals surface area (Å²) < 4.78 is 77.5. The van der Waals surface area contributed by atoms with Gasteiger partial charge in [-0.05, 0) is 92.5 Å². The van der Waals surface area contributed by atoms with Gasteiger partial charge in [-0.25, -0.2) is 22.9 Å². The number of piperidine rings is 1. The minimum absolute atomic E-state index is 0.00835. The van der Waals surface area contributed by atoms with Crippen LogP contribution >= 0.6 is 0 Å². The Balaban J connectivity index is 0.926. The molecule has 15 nitrogen and oxygen atoms in total. The van der Waals surface area contributed by atoms with E-state index in [1.165, 1.54) is 42.5 Å². The first-order chi connectivity index (χ1) is 28.6. The summed E-state index contributed by atoms with van der Waals surface area (Å²) >= 11 is 0. The Kier molecular flexibility index (Phi) is 11.0. The van der Waals surface area contributed by atoms with Crippen LogP contribution < -0.4 is 20.5 Å². The number of likely N-dealkylation sites (tertiary alicyclic amines) is 1. The third kappa shape index (κ3) is 7.53. The van der Waals surface area contributed by atoms with E-state index in [1.807, 2.05) is 6.07 Å². The second kappa shape index (κ2) is 16.1. The summed E-state index contributed by atoms with van der Waals surface area (Å²) in [5, 5.41) is 7.40. The average molecular weight is 848 g/mol. The molecular formula is C41H44F3N9O6S. The van der Waals surface area contributed by atoms with Crippen LogP contribution in [0.2, 0.25) is 0 Å². The monoisotopic (exact) mass is 847 g/mol. The van der Waals surface area contributed by atoms with E-state index in [1.54, 1.807) is 23.2 Å². The lowest BCUT2D eigenvalue weighted by Gasteiger charge is -2.41. The van der Waals surface area contributed by atoms with E-state index in [9.17, 15) is 32.0 Å². The van der Waals surface area contributed by atoms with Crippen LogP contribution in [-0.2, 0) is 22.1 Å².